The van der Waals surface area contributed by atoms with Crippen LogP contribution < -0.4 is 5.32 Å². The number of rotatable bonds is 4. The van der Waals surface area contributed by atoms with Crippen molar-refractivity contribution in [2.24, 2.45) is 5.16 Å². The van der Waals surface area contributed by atoms with E-state index >= 15 is 0 Å². The number of nitrogens with zero attached hydrogens (tertiary/aromatic N) is 1. The Labute approximate surface area is 108 Å². The van der Waals surface area contributed by atoms with Crippen LogP contribution >= 0.6 is 0 Å². The lowest BCUT2D eigenvalue weighted by Crippen LogP contribution is -1.92. The summed E-state index contributed by atoms with van der Waals surface area (Å²) in [5.41, 5.74) is 2.77. The van der Waals surface area contributed by atoms with Crippen LogP contribution in [0.5, 0.6) is 0 Å². The molecule has 1 rings (SSSR count). The van der Waals surface area contributed by atoms with E-state index < -0.39 is 0 Å². The van der Waals surface area contributed by atoms with Crippen molar-refractivity contribution >= 4 is 17.7 Å². The van der Waals surface area contributed by atoms with Gasteiger partial charge >= 0.3 is 0 Å². The molecule has 4 nitrogen and oxygen atoms in total. The first-order valence-corrected chi connectivity index (χ1v) is 5.56. The van der Waals surface area contributed by atoms with Gasteiger partial charge in [0, 0.05) is 12.7 Å². The predicted molar refractivity (Wildman–Crippen MR) is 75.8 cm³/mol. The minimum Gasteiger partial charge on any atom is -0.388 e. The zero-order valence-corrected chi connectivity index (χ0v) is 11.4. The number of aryl methyl sites for hydroxylation is 1. The lowest BCUT2D eigenvalue weighted by atomic mass is 10.2. The molecule has 1 aromatic rings. The van der Waals surface area contributed by atoms with E-state index in [1.165, 1.54) is 11.3 Å². The first-order valence-electron chi connectivity index (χ1n) is 5.56. The Bertz CT molecular complexity index is 408. The summed E-state index contributed by atoms with van der Waals surface area (Å²) in [7, 11) is 1.92. The molecule has 4 heteroatoms. The maximum Gasteiger partial charge on any atom is 0.167 e. The molecular formula is C14H20N2O2. The van der Waals surface area contributed by atoms with Gasteiger partial charge in [0.1, 0.15) is 11.5 Å². The summed E-state index contributed by atoms with van der Waals surface area (Å²) in [6.45, 7) is 8.70. The van der Waals surface area contributed by atoms with Crippen molar-refractivity contribution in [3.63, 3.8) is 0 Å². The molecule has 98 valence electrons. The van der Waals surface area contributed by atoms with Crippen molar-refractivity contribution in [1.29, 1.82) is 0 Å². The molecule has 0 bridgehead atoms. The molecule has 0 fully saturated rings. The minimum atomic E-state index is 0.304. The Hall–Kier alpha value is -2.10. The molecule has 0 unspecified atom stereocenters. The monoisotopic (exact) mass is 248 g/mol. The molecule has 0 aromatic heterocycles. The van der Waals surface area contributed by atoms with Crippen LogP contribution in [0, 0.1) is 6.92 Å². The number of aldehydes is 1. The second-order valence-electron chi connectivity index (χ2n) is 3.76. The van der Waals surface area contributed by atoms with Gasteiger partial charge in [0.25, 0.3) is 0 Å². The summed E-state index contributed by atoms with van der Waals surface area (Å²) in [5.74, 6) is 0.469. The second-order valence-corrected chi connectivity index (χ2v) is 3.76. The molecule has 0 aliphatic rings. The average molecular weight is 248 g/mol. The molecule has 1 N–H and O–H groups in total. The highest BCUT2D eigenvalue weighted by atomic mass is 16.6. The maximum atomic E-state index is 9.88. The first kappa shape index (κ1) is 15.9. The third-order valence-electron chi connectivity index (χ3n) is 1.86. The zero-order chi connectivity index (χ0) is 14.0. The van der Waals surface area contributed by atoms with Gasteiger partial charge in [0.2, 0.25) is 0 Å². The Morgan fingerprint density at radius 2 is 1.89 bits per heavy atom. The predicted octanol–water partition coefficient (Wildman–Crippen LogP) is 3.15. The van der Waals surface area contributed by atoms with E-state index in [9.17, 15) is 4.79 Å². The lowest BCUT2D eigenvalue weighted by molar-refractivity contribution is -0.102. The number of hydrogen-bond donors (Lipinski definition) is 1. The number of carbonyl (C=O) groups is 1. The van der Waals surface area contributed by atoms with E-state index in [1.807, 2.05) is 7.05 Å². The van der Waals surface area contributed by atoms with E-state index in [4.69, 9.17) is 0 Å². The number of allylic oxidation sites excluding steroid dienone is 1. The molecule has 18 heavy (non-hydrogen) atoms. The van der Waals surface area contributed by atoms with E-state index in [0.717, 1.165) is 0 Å². The van der Waals surface area contributed by atoms with Crippen LogP contribution in [0.4, 0.5) is 5.69 Å². The summed E-state index contributed by atoms with van der Waals surface area (Å²) in [5, 5.41) is 6.45. The molecule has 0 amide bonds. The Morgan fingerprint density at radius 1 is 1.33 bits per heavy atom. The van der Waals surface area contributed by atoms with Crippen molar-refractivity contribution < 1.29 is 9.63 Å². The lowest BCUT2D eigenvalue weighted by Gasteiger charge is -1.97. The van der Waals surface area contributed by atoms with Gasteiger partial charge in [-0.1, -0.05) is 29.4 Å². The highest BCUT2D eigenvalue weighted by molar-refractivity contribution is 6.26. The molecule has 0 heterocycles. The normalized spacial score (nSPS) is 9.89. The fourth-order valence-electron chi connectivity index (χ4n) is 0.892. The van der Waals surface area contributed by atoms with Crippen molar-refractivity contribution in [3.8, 4) is 0 Å². The van der Waals surface area contributed by atoms with E-state index in [1.54, 1.807) is 13.8 Å². The fourth-order valence-corrected chi connectivity index (χ4v) is 0.892. The van der Waals surface area contributed by atoms with Crippen molar-refractivity contribution in [1.82, 2.24) is 0 Å². The number of nitrogens with one attached hydrogen (secondary N) is 1. The van der Waals surface area contributed by atoms with Gasteiger partial charge in [-0.2, -0.15) is 0 Å². The van der Waals surface area contributed by atoms with Crippen LogP contribution in [0.3, 0.4) is 0 Å². The zero-order valence-electron chi connectivity index (χ0n) is 11.4. The van der Waals surface area contributed by atoms with Crippen LogP contribution in [-0.2, 0) is 9.63 Å². The largest absolute Gasteiger partial charge is 0.388 e. The SMILES string of the molecule is C=C(C)O/N=C(\C)C=O.CNc1ccc(C)cc1. The maximum absolute atomic E-state index is 9.88. The van der Waals surface area contributed by atoms with Crippen LogP contribution in [0.15, 0.2) is 41.8 Å². The van der Waals surface area contributed by atoms with Gasteiger partial charge in [0.15, 0.2) is 6.29 Å². The van der Waals surface area contributed by atoms with Crippen molar-refractivity contribution in [2.75, 3.05) is 12.4 Å². The molecule has 1 aromatic carbocycles. The number of hydrogen-bond acceptors (Lipinski definition) is 4. The summed E-state index contributed by atoms with van der Waals surface area (Å²) < 4.78 is 0. The summed E-state index contributed by atoms with van der Waals surface area (Å²) >= 11 is 0. The van der Waals surface area contributed by atoms with Gasteiger partial charge in [-0.15, -0.1) is 0 Å². The van der Waals surface area contributed by atoms with Gasteiger partial charge < -0.3 is 10.2 Å². The number of carbonyl (C=O) groups excluding carboxylic acids is 1. The van der Waals surface area contributed by atoms with Gasteiger partial charge in [-0.25, -0.2) is 0 Å². The molecule has 0 aliphatic heterocycles. The number of benzene rings is 1. The smallest absolute Gasteiger partial charge is 0.167 e. The average Bonchev–Trinajstić information content (AvgIpc) is 2.37. The third kappa shape index (κ3) is 8.10. The topological polar surface area (TPSA) is 50.7 Å². The van der Waals surface area contributed by atoms with E-state index in [0.29, 0.717) is 17.8 Å². The third-order valence-corrected chi connectivity index (χ3v) is 1.86. The van der Waals surface area contributed by atoms with Crippen LogP contribution in [-0.4, -0.2) is 19.0 Å². The van der Waals surface area contributed by atoms with Crippen LogP contribution in [0.25, 0.3) is 0 Å². The Kier molecular flexibility index (Phi) is 7.94. The van der Waals surface area contributed by atoms with E-state index in [2.05, 4.69) is 53.1 Å². The quantitative estimate of drug-likeness (QED) is 0.385. The Morgan fingerprint density at radius 3 is 2.28 bits per heavy atom. The van der Waals surface area contributed by atoms with E-state index in [-0.39, 0.29) is 0 Å². The fraction of sp³-hybridized carbons (Fsp3) is 0.286. The van der Waals surface area contributed by atoms with Gasteiger partial charge in [0.05, 0.1) is 0 Å². The van der Waals surface area contributed by atoms with Crippen LogP contribution in [0.1, 0.15) is 19.4 Å². The molecule has 0 atom stereocenters. The summed E-state index contributed by atoms with van der Waals surface area (Å²) in [6, 6.07) is 8.31. The number of anilines is 1. The molecule has 0 aliphatic carbocycles. The van der Waals surface area contributed by atoms with Gasteiger partial charge in [-0.05, 0) is 32.9 Å². The molecule has 0 spiro atoms. The van der Waals surface area contributed by atoms with Crippen molar-refractivity contribution in [3.05, 3.63) is 42.2 Å². The first-order chi connectivity index (χ1) is 8.49. The number of oxime groups is 1. The minimum absolute atomic E-state index is 0.304. The standard InChI is InChI=1S/C8H11N.C6H9NO2/c1-7-3-5-8(9-2)6-4-7;1-5(2)9-7-6(3)4-8/h3-6,9H,1-2H3;4H,1H2,2-3H3/b;7-6+. The highest BCUT2D eigenvalue weighted by Crippen LogP contribution is 2.06. The molecular weight excluding hydrogens is 228 g/mol. The molecule has 0 radical (unpaired) electrons. The molecule has 0 saturated heterocycles. The highest BCUT2D eigenvalue weighted by Gasteiger charge is 1.85. The van der Waals surface area contributed by atoms with Gasteiger partial charge in [-0.3, -0.25) is 4.79 Å². The second kappa shape index (κ2) is 8.98. The van der Waals surface area contributed by atoms with Crippen LogP contribution in [0.2, 0.25) is 0 Å². The summed E-state index contributed by atoms with van der Waals surface area (Å²) in [4.78, 5) is 14.4. The molecule has 0 saturated carbocycles. The Balaban J connectivity index is 0.000000321. The summed E-state index contributed by atoms with van der Waals surface area (Å²) in [6.07, 6.45) is 0.614. The van der Waals surface area contributed by atoms with Crippen molar-refractivity contribution in [2.45, 2.75) is 20.8 Å².